The van der Waals surface area contributed by atoms with E-state index in [-0.39, 0.29) is 11.5 Å². The van der Waals surface area contributed by atoms with E-state index in [4.69, 9.17) is 11.0 Å². The first-order chi connectivity index (χ1) is 4.27. The first-order valence-corrected chi connectivity index (χ1v) is 3.44. The first kappa shape index (κ1) is 5.25. The summed E-state index contributed by atoms with van der Waals surface area (Å²) in [5.74, 6) is 0.791. The van der Waals surface area contributed by atoms with Crippen molar-refractivity contribution < 1.29 is 0 Å². The van der Waals surface area contributed by atoms with Crippen molar-refractivity contribution in [2.75, 3.05) is 0 Å². The van der Waals surface area contributed by atoms with Crippen LogP contribution in [0.5, 0.6) is 0 Å². The molecular weight excluding hydrogens is 112 g/mol. The standard InChI is InChI=1S/C7H10N2/c8-4-7-2-5(3-7)1-6(7)9/h5-6H,1-3,9H2. The Morgan fingerprint density at radius 1 is 1.56 bits per heavy atom. The van der Waals surface area contributed by atoms with Crippen LogP contribution in [0.2, 0.25) is 0 Å². The molecule has 3 saturated carbocycles. The Hall–Kier alpha value is -0.550. The Labute approximate surface area is 54.6 Å². The Bertz CT molecular complexity index is 174. The van der Waals surface area contributed by atoms with Gasteiger partial charge in [0.1, 0.15) is 0 Å². The van der Waals surface area contributed by atoms with Gasteiger partial charge in [-0.25, -0.2) is 0 Å². The molecule has 0 radical (unpaired) electrons. The molecule has 3 rings (SSSR count). The number of nitriles is 1. The van der Waals surface area contributed by atoms with Gasteiger partial charge in [-0.2, -0.15) is 5.26 Å². The van der Waals surface area contributed by atoms with Crippen LogP contribution in [0.15, 0.2) is 0 Å². The number of nitrogens with two attached hydrogens (primary N) is 1. The Morgan fingerprint density at radius 3 is 2.44 bits per heavy atom. The molecule has 48 valence electrons. The maximum absolute atomic E-state index is 8.70. The zero-order chi connectivity index (χ0) is 6.48. The molecule has 3 aliphatic rings. The zero-order valence-electron chi connectivity index (χ0n) is 5.30. The van der Waals surface area contributed by atoms with Crippen LogP contribution < -0.4 is 5.73 Å². The second-order valence-electron chi connectivity index (χ2n) is 3.38. The van der Waals surface area contributed by atoms with Gasteiger partial charge in [0, 0.05) is 6.04 Å². The molecule has 2 nitrogen and oxygen atoms in total. The number of hydrogen-bond donors (Lipinski definition) is 1. The van der Waals surface area contributed by atoms with Crippen LogP contribution in [0.3, 0.4) is 0 Å². The number of rotatable bonds is 0. The van der Waals surface area contributed by atoms with Crippen LogP contribution in [-0.4, -0.2) is 6.04 Å². The average Bonchev–Trinajstić information content (AvgIpc) is 2.17. The van der Waals surface area contributed by atoms with Crippen LogP contribution in [0.4, 0.5) is 0 Å². The quantitative estimate of drug-likeness (QED) is 0.512. The third-order valence-corrected chi connectivity index (χ3v) is 2.83. The van der Waals surface area contributed by atoms with E-state index in [1.54, 1.807) is 0 Å². The number of hydrogen-bond acceptors (Lipinski definition) is 2. The van der Waals surface area contributed by atoms with Gasteiger partial charge in [0.25, 0.3) is 0 Å². The third-order valence-electron chi connectivity index (χ3n) is 2.83. The summed E-state index contributed by atoms with van der Waals surface area (Å²) in [4.78, 5) is 0. The highest BCUT2D eigenvalue weighted by Crippen LogP contribution is 2.57. The summed E-state index contributed by atoms with van der Waals surface area (Å²) >= 11 is 0. The van der Waals surface area contributed by atoms with Crippen molar-refractivity contribution >= 4 is 0 Å². The Kier molecular flexibility index (Phi) is 0.758. The zero-order valence-corrected chi connectivity index (χ0v) is 5.30. The molecule has 0 aromatic heterocycles. The van der Waals surface area contributed by atoms with Gasteiger partial charge in [0.15, 0.2) is 0 Å². The summed E-state index contributed by atoms with van der Waals surface area (Å²) in [5.41, 5.74) is 5.66. The van der Waals surface area contributed by atoms with Crippen molar-refractivity contribution in [1.82, 2.24) is 0 Å². The summed E-state index contributed by atoms with van der Waals surface area (Å²) in [7, 11) is 0. The summed E-state index contributed by atoms with van der Waals surface area (Å²) in [6, 6.07) is 2.52. The molecule has 0 aromatic carbocycles. The Morgan fingerprint density at radius 2 is 2.22 bits per heavy atom. The molecular formula is C7H10N2. The third kappa shape index (κ3) is 0.439. The molecule has 3 fully saturated rings. The molecule has 0 heterocycles. The molecule has 0 saturated heterocycles. The van der Waals surface area contributed by atoms with Crippen LogP contribution in [-0.2, 0) is 0 Å². The van der Waals surface area contributed by atoms with Crippen molar-refractivity contribution in [2.24, 2.45) is 17.1 Å². The predicted molar refractivity (Wildman–Crippen MR) is 33.4 cm³/mol. The lowest BCUT2D eigenvalue weighted by Gasteiger charge is -2.32. The second-order valence-corrected chi connectivity index (χ2v) is 3.38. The average molecular weight is 122 g/mol. The van der Waals surface area contributed by atoms with Gasteiger partial charge < -0.3 is 5.73 Å². The highest BCUT2D eigenvalue weighted by Gasteiger charge is 2.56. The van der Waals surface area contributed by atoms with E-state index in [1.165, 1.54) is 0 Å². The van der Waals surface area contributed by atoms with E-state index in [9.17, 15) is 0 Å². The molecule has 9 heavy (non-hydrogen) atoms. The number of fused-ring (bicyclic) bond motifs is 1. The van der Waals surface area contributed by atoms with Crippen molar-refractivity contribution in [3.05, 3.63) is 0 Å². The van der Waals surface area contributed by atoms with Crippen LogP contribution >= 0.6 is 0 Å². The fourth-order valence-corrected chi connectivity index (χ4v) is 2.20. The molecule has 1 atom stereocenters. The van der Waals surface area contributed by atoms with Gasteiger partial charge in [0.05, 0.1) is 11.5 Å². The van der Waals surface area contributed by atoms with Gasteiger partial charge in [0.2, 0.25) is 0 Å². The van der Waals surface area contributed by atoms with E-state index in [0.29, 0.717) is 0 Å². The minimum absolute atomic E-state index is 0.0787. The van der Waals surface area contributed by atoms with Gasteiger partial charge in [-0.05, 0) is 25.2 Å². The number of nitrogens with zero attached hydrogens (tertiary/aromatic N) is 1. The highest BCUT2D eigenvalue weighted by molar-refractivity contribution is 5.19. The van der Waals surface area contributed by atoms with Crippen LogP contribution in [0.1, 0.15) is 19.3 Å². The summed E-state index contributed by atoms with van der Waals surface area (Å²) < 4.78 is 0. The van der Waals surface area contributed by atoms with Gasteiger partial charge in [-0.3, -0.25) is 0 Å². The maximum Gasteiger partial charge on any atom is 0.0730 e. The monoisotopic (exact) mass is 122 g/mol. The summed E-state index contributed by atoms with van der Waals surface area (Å²) in [6.45, 7) is 0. The first-order valence-electron chi connectivity index (χ1n) is 3.44. The largest absolute Gasteiger partial charge is 0.326 e. The lowest BCUT2D eigenvalue weighted by molar-refractivity contribution is 0.206. The SMILES string of the molecule is N#CC12CC(CC1N)C2. The van der Waals surface area contributed by atoms with Crippen molar-refractivity contribution in [3.8, 4) is 6.07 Å². The van der Waals surface area contributed by atoms with Crippen LogP contribution in [0.25, 0.3) is 0 Å². The molecule has 0 aromatic rings. The molecule has 0 aliphatic heterocycles. The summed E-state index contributed by atoms with van der Waals surface area (Å²) in [5, 5.41) is 8.70. The maximum atomic E-state index is 8.70. The fourth-order valence-electron chi connectivity index (χ4n) is 2.20. The molecule has 0 spiro atoms. The van der Waals surface area contributed by atoms with Crippen molar-refractivity contribution in [2.45, 2.75) is 25.3 Å². The fraction of sp³-hybridized carbons (Fsp3) is 0.857. The predicted octanol–water partition coefficient (Wildman–Crippen LogP) is 0.637. The van der Waals surface area contributed by atoms with Gasteiger partial charge in [-0.1, -0.05) is 0 Å². The minimum atomic E-state index is -0.0787. The van der Waals surface area contributed by atoms with Gasteiger partial charge >= 0.3 is 0 Å². The molecule has 1 unspecified atom stereocenters. The van der Waals surface area contributed by atoms with E-state index in [0.717, 1.165) is 25.2 Å². The molecule has 3 aliphatic carbocycles. The Balaban J connectivity index is 2.27. The van der Waals surface area contributed by atoms with E-state index in [2.05, 4.69) is 6.07 Å². The van der Waals surface area contributed by atoms with Crippen LogP contribution in [0, 0.1) is 22.7 Å². The van der Waals surface area contributed by atoms with E-state index < -0.39 is 0 Å². The highest BCUT2D eigenvalue weighted by atomic mass is 14.8. The molecule has 2 heteroatoms. The van der Waals surface area contributed by atoms with Crippen molar-refractivity contribution in [1.29, 1.82) is 5.26 Å². The molecule has 0 amide bonds. The molecule has 2 bridgehead atoms. The van der Waals surface area contributed by atoms with Crippen molar-refractivity contribution in [3.63, 3.8) is 0 Å². The minimum Gasteiger partial charge on any atom is -0.326 e. The topological polar surface area (TPSA) is 49.8 Å². The normalized spacial score (nSPS) is 54.2. The van der Waals surface area contributed by atoms with E-state index >= 15 is 0 Å². The lowest BCUT2D eigenvalue weighted by Crippen LogP contribution is -2.37. The van der Waals surface area contributed by atoms with E-state index in [1.807, 2.05) is 0 Å². The smallest absolute Gasteiger partial charge is 0.0730 e. The van der Waals surface area contributed by atoms with Gasteiger partial charge in [-0.15, -0.1) is 0 Å². The second kappa shape index (κ2) is 1.30. The lowest BCUT2D eigenvalue weighted by atomic mass is 9.70. The summed E-state index contributed by atoms with van der Waals surface area (Å²) in [6.07, 6.45) is 3.24. The molecule has 2 N–H and O–H groups in total.